The van der Waals surface area contributed by atoms with E-state index in [0.29, 0.717) is 6.04 Å². The molecule has 4 rings (SSSR count). The van der Waals surface area contributed by atoms with E-state index in [1.807, 2.05) is 12.4 Å². The summed E-state index contributed by atoms with van der Waals surface area (Å²) in [5.74, 6) is 0. The molecule has 1 aromatic heterocycles. The molecule has 1 aromatic rings. The molecule has 0 radical (unpaired) electrons. The maximum absolute atomic E-state index is 6.28. The van der Waals surface area contributed by atoms with Crippen molar-refractivity contribution in [3.8, 4) is 0 Å². The zero-order chi connectivity index (χ0) is 17.1. The Morgan fingerprint density at radius 1 is 1.20 bits per heavy atom. The molecule has 0 amide bonds. The van der Waals surface area contributed by atoms with Gasteiger partial charge in [0.2, 0.25) is 0 Å². The predicted octanol–water partition coefficient (Wildman–Crippen LogP) is 2.20. The Morgan fingerprint density at radius 2 is 2.08 bits per heavy atom. The number of rotatable bonds is 2. The molecule has 4 heterocycles. The minimum atomic E-state index is 0.155. The quantitative estimate of drug-likeness (QED) is 0.891. The highest BCUT2D eigenvalue weighted by Gasteiger charge is 2.40. The number of ether oxygens (including phenoxy) is 1. The van der Waals surface area contributed by atoms with Crippen molar-refractivity contribution in [1.82, 2.24) is 15.2 Å². The van der Waals surface area contributed by atoms with Crippen LogP contribution in [-0.2, 0) is 4.74 Å². The summed E-state index contributed by atoms with van der Waals surface area (Å²) in [7, 11) is 0. The zero-order valence-electron chi connectivity index (χ0n) is 15.5. The van der Waals surface area contributed by atoms with Gasteiger partial charge in [-0.2, -0.15) is 0 Å². The standard InChI is InChI=1S/C20H32N4O/c1-17-16-22-7-3-19(17)24-11-2-10-23(12-13-24)18-4-14-25-20(15-18)5-8-21-9-6-20/h3,7,16,18,21H,2,4-6,8-15H2,1H3. The van der Waals surface area contributed by atoms with Gasteiger partial charge >= 0.3 is 0 Å². The Bertz CT molecular complexity index is 567. The van der Waals surface area contributed by atoms with E-state index in [-0.39, 0.29) is 5.60 Å². The van der Waals surface area contributed by atoms with Gasteiger partial charge in [-0.1, -0.05) is 0 Å². The van der Waals surface area contributed by atoms with Gasteiger partial charge in [0.1, 0.15) is 0 Å². The summed E-state index contributed by atoms with van der Waals surface area (Å²) < 4.78 is 6.28. The molecule has 3 saturated heterocycles. The van der Waals surface area contributed by atoms with Crippen LogP contribution in [-0.4, -0.2) is 67.4 Å². The summed E-state index contributed by atoms with van der Waals surface area (Å²) in [4.78, 5) is 9.55. The van der Waals surface area contributed by atoms with Gasteiger partial charge in [-0.25, -0.2) is 0 Å². The fourth-order valence-corrected chi connectivity index (χ4v) is 4.91. The third-order valence-corrected chi connectivity index (χ3v) is 6.36. The highest BCUT2D eigenvalue weighted by Crippen LogP contribution is 2.35. The van der Waals surface area contributed by atoms with Crippen molar-refractivity contribution in [1.29, 1.82) is 0 Å². The average molecular weight is 345 g/mol. The number of aryl methyl sites for hydroxylation is 1. The van der Waals surface area contributed by atoms with E-state index in [2.05, 4.69) is 33.1 Å². The van der Waals surface area contributed by atoms with Gasteiger partial charge in [0.25, 0.3) is 0 Å². The molecule has 5 heteroatoms. The van der Waals surface area contributed by atoms with Crippen molar-refractivity contribution < 1.29 is 4.74 Å². The molecule has 5 nitrogen and oxygen atoms in total. The number of aromatic nitrogens is 1. The van der Waals surface area contributed by atoms with E-state index < -0.39 is 0 Å². The monoisotopic (exact) mass is 344 g/mol. The lowest BCUT2D eigenvalue weighted by Crippen LogP contribution is -2.53. The first kappa shape index (κ1) is 17.3. The summed E-state index contributed by atoms with van der Waals surface area (Å²) in [6, 6.07) is 2.87. The van der Waals surface area contributed by atoms with Crippen LogP contribution in [0, 0.1) is 6.92 Å². The second-order valence-corrected chi connectivity index (χ2v) is 7.97. The highest BCUT2D eigenvalue weighted by molar-refractivity contribution is 5.51. The molecule has 1 N–H and O–H groups in total. The van der Waals surface area contributed by atoms with E-state index in [1.165, 1.54) is 56.4 Å². The number of anilines is 1. The second-order valence-electron chi connectivity index (χ2n) is 7.97. The minimum Gasteiger partial charge on any atom is -0.375 e. The second kappa shape index (κ2) is 7.60. The lowest BCUT2D eigenvalue weighted by molar-refractivity contribution is -0.120. The Labute approximate surface area is 151 Å². The van der Waals surface area contributed by atoms with E-state index >= 15 is 0 Å². The molecule has 0 bridgehead atoms. The number of nitrogens with one attached hydrogen (secondary N) is 1. The molecule has 0 saturated carbocycles. The van der Waals surface area contributed by atoms with Crippen LogP contribution in [0.15, 0.2) is 18.5 Å². The van der Waals surface area contributed by atoms with E-state index in [9.17, 15) is 0 Å². The SMILES string of the molecule is Cc1cnccc1N1CCCN(C2CCOC3(CCNCC3)C2)CC1. The minimum absolute atomic E-state index is 0.155. The molecule has 138 valence electrons. The molecule has 3 aliphatic rings. The van der Waals surface area contributed by atoms with Crippen LogP contribution in [0.3, 0.4) is 0 Å². The first-order valence-electron chi connectivity index (χ1n) is 10.0. The van der Waals surface area contributed by atoms with Crippen molar-refractivity contribution >= 4 is 5.69 Å². The lowest BCUT2D eigenvalue weighted by Gasteiger charge is -2.46. The van der Waals surface area contributed by atoms with Crippen LogP contribution < -0.4 is 10.2 Å². The van der Waals surface area contributed by atoms with Crippen LogP contribution in [0.5, 0.6) is 0 Å². The molecule has 0 aliphatic carbocycles. The average Bonchev–Trinajstić information content (AvgIpc) is 2.89. The number of pyridine rings is 1. The molecule has 3 fully saturated rings. The topological polar surface area (TPSA) is 40.6 Å². The summed E-state index contributed by atoms with van der Waals surface area (Å²) in [6.45, 7) is 10.00. The lowest BCUT2D eigenvalue weighted by atomic mass is 9.82. The molecule has 25 heavy (non-hydrogen) atoms. The van der Waals surface area contributed by atoms with Gasteiger partial charge < -0.3 is 15.0 Å². The Kier molecular flexibility index (Phi) is 5.25. The van der Waals surface area contributed by atoms with Crippen molar-refractivity contribution in [2.45, 2.75) is 50.7 Å². The van der Waals surface area contributed by atoms with Gasteiger partial charge in [0.05, 0.1) is 5.60 Å². The number of hydrogen-bond acceptors (Lipinski definition) is 5. The third kappa shape index (κ3) is 3.83. The molecular formula is C20H32N4O. The first-order chi connectivity index (χ1) is 12.3. The zero-order valence-corrected chi connectivity index (χ0v) is 15.5. The molecule has 1 unspecified atom stereocenters. The van der Waals surface area contributed by atoms with Crippen molar-refractivity contribution in [3.63, 3.8) is 0 Å². The number of nitrogens with zero attached hydrogens (tertiary/aromatic N) is 3. The van der Waals surface area contributed by atoms with Gasteiger partial charge in [-0.15, -0.1) is 0 Å². The normalized spacial score (nSPS) is 28.0. The van der Waals surface area contributed by atoms with Crippen LogP contribution in [0.4, 0.5) is 5.69 Å². The van der Waals surface area contributed by atoms with Crippen molar-refractivity contribution in [3.05, 3.63) is 24.0 Å². The van der Waals surface area contributed by atoms with Gasteiger partial charge in [-0.05, 0) is 63.7 Å². The van der Waals surface area contributed by atoms with E-state index in [1.54, 1.807) is 0 Å². The Morgan fingerprint density at radius 3 is 2.92 bits per heavy atom. The summed E-state index contributed by atoms with van der Waals surface area (Å²) in [5, 5.41) is 3.48. The third-order valence-electron chi connectivity index (χ3n) is 6.36. The van der Waals surface area contributed by atoms with Gasteiger partial charge in [0.15, 0.2) is 0 Å². The van der Waals surface area contributed by atoms with Crippen LogP contribution >= 0.6 is 0 Å². The van der Waals surface area contributed by atoms with Crippen LogP contribution in [0.1, 0.15) is 37.7 Å². The van der Waals surface area contributed by atoms with Crippen LogP contribution in [0.25, 0.3) is 0 Å². The van der Waals surface area contributed by atoms with E-state index in [4.69, 9.17) is 4.74 Å². The summed E-state index contributed by atoms with van der Waals surface area (Å²) in [6.07, 6.45) is 9.93. The Balaban J connectivity index is 1.40. The Hall–Kier alpha value is -1.17. The molecular weight excluding hydrogens is 312 g/mol. The molecule has 3 aliphatic heterocycles. The number of hydrogen-bond donors (Lipinski definition) is 1. The van der Waals surface area contributed by atoms with Gasteiger partial charge in [-0.3, -0.25) is 9.88 Å². The van der Waals surface area contributed by atoms with Crippen molar-refractivity contribution in [2.75, 3.05) is 50.8 Å². The molecule has 0 aromatic carbocycles. The predicted molar refractivity (Wildman–Crippen MR) is 101 cm³/mol. The van der Waals surface area contributed by atoms with Gasteiger partial charge in [0, 0.05) is 56.9 Å². The first-order valence-corrected chi connectivity index (χ1v) is 10.0. The maximum Gasteiger partial charge on any atom is 0.0721 e. The highest BCUT2D eigenvalue weighted by atomic mass is 16.5. The smallest absolute Gasteiger partial charge is 0.0721 e. The maximum atomic E-state index is 6.28. The fraction of sp³-hybridized carbons (Fsp3) is 0.750. The van der Waals surface area contributed by atoms with Crippen LogP contribution in [0.2, 0.25) is 0 Å². The summed E-state index contributed by atoms with van der Waals surface area (Å²) in [5.41, 5.74) is 2.80. The fourth-order valence-electron chi connectivity index (χ4n) is 4.91. The summed E-state index contributed by atoms with van der Waals surface area (Å²) >= 11 is 0. The molecule has 1 atom stereocenters. The largest absolute Gasteiger partial charge is 0.375 e. The van der Waals surface area contributed by atoms with Crippen molar-refractivity contribution in [2.24, 2.45) is 0 Å². The number of piperidine rings is 1. The molecule has 1 spiro atoms. The van der Waals surface area contributed by atoms with E-state index in [0.717, 1.165) is 32.8 Å².